The van der Waals surface area contributed by atoms with E-state index in [2.05, 4.69) is 26.9 Å². The van der Waals surface area contributed by atoms with Crippen molar-refractivity contribution in [3.63, 3.8) is 0 Å². The second kappa shape index (κ2) is 4.00. The number of hydrogen-bond acceptors (Lipinski definition) is 4. The highest BCUT2D eigenvalue weighted by molar-refractivity contribution is 5.18. The lowest BCUT2D eigenvalue weighted by atomic mass is 9.86. The summed E-state index contributed by atoms with van der Waals surface area (Å²) in [6.45, 7) is 5.06. The van der Waals surface area contributed by atoms with Crippen LogP contribution >= 0.6 is 0 Å². The summed E-state index contributed by atoms with van der Waals surface area (Å²) in [4.78, 5) is 4.27. The minimum Gasteiger partial charge on any atom is -0.359 e. The van der Waals surface area contributed by atoms with Crippen molar-refractivity contribution in [2.45, 2.75) is 25.3 Å². The van der Waals surface area contributed by atoms with E-state index in [1.54, 1.807) is 6.20 Å². The maximum atomic E-state index is 5.14. The maximum absolute atomic E-state index is 5.14. The first-order chi connectivity index (χ1) is 8.28. The zero-order valence-corrected chi connectivity index (χ0v) is 9.89. The number of imidazole rings is 1. The van der Waals surface area contributed by atoms with Crippen LogP contribution in [0.3, 0.4) is 0 Å². The number of rotatable bonds is 3. The summed E-state index contributed by atoms with van der Waals surface area (Å²) in [5, 5.41) is 7.14. The third kappa shape index (κ3) is 1.86. The van der Waals surface area contributed by atoms with Crippen LogP contribution in [0.1, 0.15) is 24.8 Å². The summed E-state index contributed by atoms with van der Waals surface area (Å²) in [5.41, 5.74) is 1.44. The van der Waals surface area contributed by atoms with E-state index in [4.69, 9.17) is 4.52 Å². The largest absolute Gasteiger partial charge is 0.359 e. The Morgan fingerprint density at radius 1 is 1.59 bits per heavy atom. The van der Waals surface area contributed by atoms with Crippen molar-refractivity contribution < 1.29 is 4.52 Å². The van der Waals surface area contributed by atoms with E-state index in [-0.39, 0.29) is 5.41 Å². The average molecular weight is 232 g/mol. The molecule has 1 N–H and O–H groups in total. The SMILES string of the molecule is CC1(c2cncn2Cc2ccno2)CCNC1. The fourth-order valence-electron chi connectivity index (χ4n) is 2.48. The van der Waals surface area contributed by atoms with E-state index in [9.17, 15) is 0 Å². The number of hydrogen-bond donors (Lipinski definition) is 1. The Morgan fingerprint density at radius 3 is 3.24 bits per heavy atom. The topological polar surface area (TPSA) is 55.9 Å². The Labute approximate surface area is 99.8 Å². The highest BCUT2D eigenvalue weighted by Gasteiger charge is 2.33. The molecule has 17 heavy (non-hydrogen) atoms. The van der Waals surface area contributed by atoms with Gasteiger partial charge in [0.2, 0.25) is 0 Å². The lowest BCUT2D eigenvalue weighted by Crippen LogP contribution is -2.28. The van der Waals surface area contributed by atoms with Crippen molar-refractivity contribution >= 4 is 0 Å². The van der Waals surface area contributed by atoms with Gasteiger partial charge in [-0.3, -0.25) is 0 Å². The summed E-state index contributed by atoms with van der Waals surface area (Å²) < 4.78 is 7.29. The van der Waals surface area contributed by atoms with Gasteiger partial charge in [-0.25, -0.2) is 4.98 Å². The highest BCUT2D eigenvalue weighted by atomic mass is 16.5. The molecular weight excluding hydrogens is 216 g/mol. The summed E-state index contributed by atoms with van der Waals surface area (Å²) in [7, 11) is 0. The van der Waals surface area contributed by atoms with E-state index in [1.165, 1.54) is 5.69 Å². The van der Waals surface area contributed by atoms with Gasteiger partial charge in [-0.15, -0.1) is 0 Å². The van der Waals surface area contributed by atoms with E-state index in [1.807, 2.05) is 18.6 Å². The standard InChI is InChI=1S/C12H16N4O/c1-12(3-5-13-8-12)11-6-14-9-16(11)7-10-2-4-15-17-10/h2,4,6,9,13H,3,5,7-8H2,1H3. The predicted molar refractivity (Wildman–Crippen MR) is 62.7 cm³/mol. The second-order valence-corrected chi connectivity index (χ2v) is 4.87. The molecule has 3 rings (SSSR count). The van der Waals surface area contributed by atoms with Crippen molar-refractivity contribution in [1.82, 2.24) is 20.0 Å². The number of aromatic nitrogens is 3. The highest BCUT2D eigenvalue weighted by Crippen LogP contribution is 2.30. The van der Waals surface area contributed by atoms with Crippen LogP contribution in [0.4, 0.5) is 0 Å². The second-order valence-electron chi connectivity index (χ2n) is 4.87. The van der Waals surface area contributed by atoms with Crippen molar-refractivity contribution in [1.29, 1.82) is 0 Å². The quantitative estimate of drug-likeness (QED) is 0.863. The van der Waals surface area contributed by atoms with Gasteiger partial charge in [0.05, 0.1) is 19.1 Å². The molecule has 0 bridgehead atoms. The van der Waals surface area contributed by atoms with Crippen molar-refractivity contribution in [3.8, 4) is 0 Å². The fourth-order valence-corrected chi connectivity index (χ4v) is 2.48. The lowest BCUT2D eigenvalue weighted by Gasteiger charge is -2.23. The third-order valence-electron chi connectivity index (χ3n) is 3.52. The summed E-state index contributed by atoms with van der Waals surface area (Å²) >= 11 is 0. The summed E-state index contributed by atoms with van der Waals surface area (Å²) in [5.74, 6) is 0.860. The molecule has 90 valence electrons. The Bertz CT molecular complexity index is 482. The molecule has 5 heteroatoms. The first-order valence-electron chi connectivity index (χ1n) is 5.89. The third-order valence-corrected chi connectivity index (χ3v) is 3.52. The van der Waals surface area contributed by atoms with Gasteiger partial charge in [-0.05, 0) is 13.0 Å². The first kappa shape index (κ1) is 10.5. The minimum atomic E-state index is 0.177. The molecular formula is C12H16N4O. The van der Waals surface area contributed by atoms with Gasteiger partial charge in [0.1, 0.15) is 0 Å². The minimum absolute atomic E-state index is 0.177. The summed E-state index contributed by atoms with van der Waals surface area (Å²) in [6.07, 6.45) is 6.64. The molecule has 0 spiro atoms. The molecule has 1 atom stereocenters. The average Bonchev–Trinajstić information content (AvgIpc) is 3.00. The zero-order valence-electron chi connectivity index (χ0n) is 9.89. The van der Waals surface area contributed by atoms with E-state index in [0.717, 1.165) is 25.3 Å². The monoisotopic (exact) mass is 232 g/mol. The zero-order chi connectivity index (χ0) is 11.7. The van der Waals surface area contributed by atoms with Gasteiger partial charge in [0, 0.05) is 29.9 Å². The van der Waals surface area contributed by atoms with Crippen LogP contribution in [-0.4, -0.2) is 27.8 Å². The van der Waals surface area contributed by atoms with E-state index < -0.39 is 0 Å². The fraction of sp³-hybridized carbons (Fsp3) is 0.500. The van der Waals surface area contributed by atoms with Gasteiger partial charge in [-0.2, -0.15) is 0 Å². The molecule has 1 saturated heterocycles. The molecule has 1 aliphatic heterocycles. The van der Waals surface area contributed by atoms with Crippen LogP contribution in [0.25, 0.3) is 0 Å². The van der Waals surface area contributed by atoms with Gasteiger partial charge < -0.3 is 14.4 Å². The van der Waals surface area contributed by atoms with Gasteiger partial charge in [-0.1, -0.05) is 12.1 Å². The van der Waals surface area contributed by atoms with Crippen LogP contribution in [0.15, 0.2) is 29.3 Å². The molecule has 3 heterocycles. The van der Waals surface area contributed by atoms with Gasteiger partial charge >= 0.3 is 0 Å². The predicted octanol–water partition coefficient (Wildman–Crippen LogP) is 1.17. The molecule has 0 radical (unpaired) electrons. The molecule has 1 aliphatic rings. The number of nitrogens with one attached hydrogen (secondary N) is 1. The lowest BCUT2D eigenvalue weighted by molar-refractivity contribution is 0.370. The molecule has 5 nitrogen and oxygen atoms in total. The van der Waals surface area contributed by atoms with Crippen LogP contribution in [0.5, 0.6) is 0 Å². The Kier molecular flexibility index (Phi) is 2.48. The van der Waals surface area contributed by atoms with Crippen molar-refractivity contribution in [2.75, 3.05) is 13.1 Å². The summed E-state index contributed by atoms with van der Waals surface area (Å²) in [6, 6.07) is 1.89. The molecule has 1 fully saturated rings. The Morgan fingerprint density at radius 2 is 2.53 bits per heavy atom. The molecule has 2 aromatic heterocycles. The molecule has 2 aromatic rings. The van der Waals surface area contributed by atoms with E-state index >= 15 is 0 Å². The molecule has 0 saturated carbocycles. The molecule has 1 unspecified atom stereocenters. The number of nitrogens with zero attached hydrogens (tertiary/aromatic N) is 3. The van der Waals surface area contributed by atoms with Crippen LogP contribution in [-0.2, 0) is 12.0 Å². The van der Waals surface area contributed by atoms with Crippen molar-refractivity contribution in [2.24, 2.45) is 0 Å². The smallest absolute Gasteiger partial charge is 0.156 e. The normalized spacial score (nSPS) is 24.3. The first-order valence-corrected chi connectivity index (χ1v) is 5.89. The Hall–Kier alpha value is -1.62. The van der Waals surface area contributed by atoms with Crippen molar-refractivity contribution in [3.05, 3.63) is 36.2 Å². The maximum Gasteiger partial charge on any atom is 0.156 e. The van der Waals surface area contributed by atoms with Crippen LogP contribution in [0, 0.1) is 0 Å². The van der Waals surface area contributed by atoms with Crippen LogP contribution < -0.4 is 5.32 Å². The van der Waals surface area contributed by atoms with E-state index in [0.29, 0.717) is 6.54 Å². The van der Waals surface area contributed by atoms with Crippen LogP contribution in [0.2, 0.25) is 0 Å². The molecule has 0 aliphatic carbocycles. The van der Waals surface area contributed by atoms with Gasteiger partial charge in [0.15, 0.2) is 5.76 Å². The Balaban J connectivity index is 1.89. The molecule has 0 amide bonds. The molecule has 0 aromatic carbocycles. The van der Waals surface area contributed by atoms with Gasteiger partial charge in [0.25, 0.3) is 0 Å².